The highest BCUT2D eigenvalue weighted by Crippen LogP contribution is 2.11. The zero-order valence-electron chi connectivity index (χ0n) is 13.1. The lowest BCUT2D eigenvalue weighted by molar-refractivity contribution is 0.0937. The second-order valence-electron chi connectivity index (χ2n) is 4.82. The maximum atomic E-state index is 12.2. The number of amides is 2. The third-order valence-corrected chi connectivity index (χ3v) is 3.12. The van der Waals surface area contributed by atoms with Gasteiger partial charge >= 0.3 is 0 Å². The average molecular weight is 324 g/mol. The Kier molecular flexibility index (Phi) is 6.00. The van der Waals surface area contributed by atoms with Crippen molar-refractivity contribution in [3.8, 4) is 6.07 Å². The molecule has 2 rings (SSSR count). The lowest BCUT2D eigenvalue weighted by Crippen LogP contribution is -2.27. The van der Waals surface area contributed by atoms with Gasteiger partial charge in [-0.3, -0.25) is 14.6 Å². The molecule has 0 bridgehead atoms. The van der Waals surface area contributed by atoms with Crippen LogP contribution >= 0.6 is 0 Å². The molecule has 0 atom stereocenters. The molecular formula is C17H16N4O3. The number of carbonyl (C=O) groups is 2. The first-order chi connectivity index (χ1) is 11.6. The number of nitrogens with zero attached hydrogens (tertiary/aromatic N) is 2. The summed E-state index contributed by atoms with van der Waals surface area (Å²) in [6, 6.07) is 11.4. The maximum absolute atomic E-state index is 12.2. The van der Waals surface area contributed by atoms with Gasteiger partial charge in [0.15, 0.2) is 0 Å². The number of nitriles is 1. The predicted molar refractivity (Wildman–Crippen MR) is 87.6 cm³/mol. The van der Waals surface area contributed by atoms with Crippen LogP contribution in [0.2, 0.25) is 0 Å². The molecule has 0 aliphatic carbocycles. The zero-order chi connectivity index (χ0) is 17.4. The molecule has 1 heterocycles. The van der Waals surface area contributed by atoms with E-state index in [1.165, 1.54) is 18.3 Å². The van der Waals surface area contributed by atoms with E-state index in [0.29, 0.717) is 30.0 Å². The summed E-state index contributed by atoms with van der Waals surface area (Å²) in [5.74, 6) is -0.742. The fourth-order valence-electron chi connectivity index (χ4n) is 1.89. The van der Waals surface area contributed by atoms with E-state index in [0.717, 1.165) is 0 Å². The van der Waals surface area contributed by atoms with Gasteiger partial charge in [-0.15, -0.1) is 0 Å². The number of ether oxygens (including phenoxy) is 1. The Labute approximate surface area is 139 Å². The van der Waals surface area contributed by atoms with Gasteiger partial charge in [0.25, 0.3) is 11.8 Å². The highest BCUT2D eigenvalue weighted by Gasteiger charge is 2.12. The van der Waals surface area contributed by atoms with E-state index in [2.05, 4.69) is 15.6 Å². The highest BCUT2D eigenvalue weighted by molar-refractivity contribution is 6.04. The molecule has 7 heteroatoms. The number of rotatable bonds is 6. The Morgan fingerprint density at radius 1 is 1.21 bits per heavy atom. The first kappa shape index (κ1) is 17.1. The molecule has 2 N–H and O–H groups in total. The molecule has 24 heavy (non-hydrogen) atoms. The van der Waals surface area contributed by atoms with Gasteiger partial charge in [0.2, 0.25) is 0 Å². The van der Waals surface area contributed by atoms with E-state index in [9.17, 15) is 9.59 Å². The van der Waals surface area contributed by atoms with Crippen molar-refractivity contribution in [1.29, 1.82) is 5.26 Å². The number of anilines is 1. The summed E-state index contributed by atoms with van der Waals surface area (Å²) in [7, 11) is 1.55. The number of methoxy groups -OCH3 is 1. The zero-order valence-corrected chi connectivity index (χ0v) is 13.1. The lowest BCUT2D eigenvalue weighted by atomic mass is 10.2. The van der Waals surface area contributed by atoms with Crippen molar-refractivity contribution < 1.29 is 14.3 Å². The molecule has 2 aromatic rings. The van der Waals surface area contributed by atoms with Gasteiger partial charge in [0.05, 0.1) is 18.2 Å². The Hall–Kier alpha value is -3.24. The van der Waals surface area contributed by atoms with Gasteiger partial charge in [-0.2, -0.15) is 5.26 Å². The van der Waals surface area contributed by atoms with Crippen molar-refractivity contribution in [2.75, 3.05) is 25.6 Å². The van der Waals surface area contributed by atoms with Crippen LogP contribution in [0.1, 0.15) is 26.4 Å². The maximum Gasteiger partial charge on any atom is 0.274 e. The number of nitrogens with one attached hydrogen (secondary N) is 2. The van der Waals surface area contributed by atoms with Crippen molar-refractivity contribution in [1.82, 2.24) is 10.3 Å². The normalized spacial score (nSPS) is 9.83. The van der Waals surface area contributed by atoms with Crippen LogP contribution in [0.25, 0.3) is 0 Å². The lowest BCUT2D eigenvalue weighted by Gasteiger charge is -2.07. The van der Waals surface area contributed by atoms with Gasteiger partial charge in [0, 0.05) is 31.1 Å². The minimum atomic E-state index is -0.439. The molecule has 0 aliphatic rings. The minimum Gasteiger partial charge on any atom is -0.383 e. The molecule has 122 valence electrons. The van der Waals surface area contributed by atoms with Gasteiger partial charge < -0.3 is 15.4 Å². The van der Waals surface area contributed by atoms with Crippen LogP contribution in [0, 0.1) is 11.3 Å². The average Bonchev–Trinajstić information content (AvgIpc) is 2.62. The fourth-order valence-corrected chi connectivity index (χ4v) is 1.89. The van der Waals surface area contributed by atoms with Crippen LogP contribution < -0.4 is 10.6 Å². The molecule has 0 saturated heterocycles. The van der Waals surface area contributed by atoms with Crippen LogP contribution in [0.5, 0.6) is 0 Å². The summed E-state index contributed by atoms with van der Waals surface area (Å²) in [4.78, 5) is 28.2. The first-order valence-electron chi connectivity index (χ1n) is 7.18. The van der Waals surface area contributed by atoms with E-state index >= 15 is 0 Å². The SMILES string of the molecule is COCCNC(=O)c1ccnc(C(=O)Nc2ccc(C#N)cc2)c1. The van der Waals surface area contributed by atoms with Crippen molar-refractivity contribution in [3.05, 3.63) is 59.4 Å². The number of hydrogen-bond donors (Lipinski definition) is 2. The highest BCUT2D eigenvalue weighted by atomic mass is 16.5. The van der Waals surface area contributed by atoms with Crippen LogP contribution in [-0.4, -0.2) is 37.1 Å². The summed E-state index contributed by atoms with van der Waals surface area (Å²) < 4.78 is 4.86. The summed E-state index contributed by atoms with van der Waals surface area (Å²) in [5.41, 5.74) is 1.50. The molecule has 1 aromatic carbocycles. The van der Waals surface area contributed by atoms with Gasteiger partial charge in [0.1, 0.15) is 5.69 Å². The molecule has 2 amide bonds. The van der Waals surface area contributed by atoms with Crippen molar-refractivity contribution in [3.63, 3.8) is 0 Å². The smallest absolute Gasteiger partial charge is 0.274 e. The van der Waals surface area contributed by atoms with Crippen molar-refractivity contribution >= 4 is 17.5 Å². The van der Waals surface area contributed by atoms with Crippen LogP contribution in [-0.2, 0) is 4.74 Å². The standard InChI is InChI=1S/C17H16N4O3/c1-24-9-8-20-16(22)13-6-7-19-15(10-13)17(23)21-14-4-2-12(11-18)3-5-14/h2-7,10H,8-9H2,1H3,(H,20,22)(H,21,23). The third kappa shape index (κ3) is 4.63. The second-order valence-corrected chi connectivity index (χ2v) is 4.82. The molecule has 0 fully saturated rings. The largest absolute Gasteiger partial charge is 0.383 e. The molecule has 0 radical (unpaired) electrons. The summed E-state index contributed by atoms with van der Waals surface area (Å²) >= 11 is 0. The number of pyridine rings is 1. The molecule has 7 nitrogen and oxygen atoms in total. The third-order valence-electron chi connectivity index (χ3n) is 3.12. The number of hydrogen-bond acceptors (Lipinski definition) is 5. The van der Waals surface area contributed by atoms with E-state index in [-0.39, 0.29) is 11.6 Å². The van der Waals surface area contributed by atoms with Crippen LogP contribution in [0.4, 0.5) is 5.69 Å². The van der Waals surface area contributed by atoms with Gasteiger partial charge in [-0.25, -0.2) is 0 Å². The van der Waals surface area contributed by atoms with Crippen LogP contribution in [0.15, 0.2) is 42.6 Å². The molecular weight excluding hydrogens is 308 g/mol. The number of benzene rings is 1. The number of carbonyl (C=O) groups excluding carboxylic acids is 2. The molecule has 0 unspecified atom stereocenters. The summed E-state index contributed by atoms with van der Waals surface area (Å²) in [6.45, 7) is 0.785. The Morgan fingerprint density at radius 3 is 2.62 bits per heavy atom. The second kappa shape index (κ2) is 8.41. The summed E-state index contributed by atoms with van der Waals surface area (Å²) in [6.07, 6.45) is 1.40. The number of aromatic nitrogens is 1. The quantitative estimate of drug-likeness (QED) is 0.785. The Balaban J connectivity index is 2.05. The minimum absolute atomic E-state index is 0.124. The molecule has 0 spiro atoms. The van der Waals surface area contributed by atoms with Gasteiger partial charge in [-0.1, -0.05) is 0 Å². The molecule has 0 aliphatic heterocycles. The monoisotopic (exact) mass is 324 g/mol. The van der Waals surface area contributed by atoms with E-state index in [1.54, 1.807) is 31.4 Å². The molecule has 0 saturated carbocycles. The van der Waals surface area contributed by atoms with Crippen molar-refractivity contribution in [2.45, 2.75) is 0 Å². The summed E-state index contributed by atoms with van der Waals surface area (Å²) in [5, 5.41) is 14.1. The molecule has 1 aromatic heterocycles. The van der Waals surface area contributed by atoms with Crippen LogP contribution in [0.3, 0.4) is 0 Å². The predicted octanol–water partition coefficient (Wildman–Crippen LogP) is 1.58. The topological polar surface area (TPSA) is 104 Å². The van der Waals surface area contributed by atoms with Crippen molar-refractivity contribution in [2.24, 2.45) is 0 Å². The fraction of sp³-hybridized carbons (Fsp3) is 0.176. The van der Waals surface area contributed by atoms with Gasteiger partial charge in [-0.05, 0) is 36.4 Å². The van der Waals surface area contributed by atoms with E-state index in [1.807, 2.05) is 6.07 Å². The van der Waals surface area contributed by atoms with E-state index < -0.39 is 5.91 Å². The Bertz CT molecular complexity index is 766. The first-order valence-corrected chi connectivity index (χ1v) is 7.18. The Morgan fingerprint density at radius 2 is 1.96 bits per heavy atom. The van der Waals surface area contributed by atoms with E-state index in [4.69, 9.17) is 10.00 Å².